The second-order valence-corrected chi connectivity index (χ2v) is 6.76. The van der Waals surface area contributed by atoms with Gasteiger partial charge in [0.25, 0.3) is 0 Å². The molecule has 1 heterocycles. The van der Waals surface area contributed by atoms with Crippen molar-refractivity contribution in [2.24, 2.45) is 0 Å². The molecule has 1 fully saturated rings. The summed E-state index contributed by atoms with van der Waals surface area (Å²) in [5.41, 5.74) is 0. The van der Waals surface area contributed by atoms with Gasteiger partial charge in [0, 0.05) is 6.26 Å². The predicted molar refractivity (Wildman–Crippen MR) is 74.4 cm³/mol. The summed E-state index contributed by atoms with van der Waals surface area (Å²) in [6.07, 6.45) is 9.20. The Bertz CT molecular complexity index is 282. The normalized spacial score (nSPS) is 18.9. The molecular formula is C13H29NO3S. The Morgan fingerprint density at radius 3 is 1.89 bits per heavy atom. The molecule has 0 aliphatic carbocycles. The Hall–Kier alpha value is -0.130. The zero-order valence-corrected chi connectivity index (χ0v) is 13.0. The van der Waals surface area contributed by atoms with Crippen LogP contribution in [-0.2, 0) is 10.1 Å². The number of hydrogen-bond acceptors (Lipinski definition) is 3. The first-order valence-electron chi connectivity index (χ1n) is 7.09. The quantitative estimate of drug-likeness (QED) is 0.573. The van der Waals surface area contributed by atoms with E-state index >= 15 is 0 Å². The highest BCUT2D eigenvalue weighted by Crippen LogP contribution is 2.20. The van der Waals surface area contributed by atoms with Crippen LogP contribution >= 0.6 is 0 Å². The van der Waals surface area contributed by atoms with Crippen LogP contribution < -0.4 is 0 Å². The molecule has 5 heteroatoms. The Labute approximate surface area is 113 Å². The molecule has 0 aromatic rings. The van der Waals surface area contributed by atoms with Crippen molar-refractivity contribution in [3.8, 4) is 0 Å². The van der Waals surface area contributed by atoms with Crippen LogP contribution in [0.5, 0.6) is 0 Å². The third kappa shape index (κ3) is 9.85. The summed E-state index contributed by atoms with van der Waals surface area (Å²) < 4.78 is 28.7. The van der Waals surface area contributed by atoms with E-state index in [-0.39, 0.29) is 0 Å². The lowest BCUT2D eigenvalue weighted by molar-refractivity contribution is -0.932. The van der Waals surface area contributed by atoms with Gasteiger partial charge in [-0.05, 0) is 32.1 Å². The number of piperidine rings is 1. The van der Waals surface area contributed by atoms with Crippen LogP contribution in [0.3, 0.4) is 0 Å². The highest BCUT2D eigenvalue weighted by Gasteiger charge is 2.27. The Balaban J connectivity index is 0.000000494. The first-order valence-corrected chi connectivity index (χ1v) is 8.90. The lowest BCUT2D eigenvalue weighted by Gasteiger charge is -2.41. The van der Waals surface area contributed by atoms with E-state index in [1.165, 1.54) is 69.2 Å². The van der Waals surface area contributed by atoms with Crippen LogP contribution in [0.25, 0.3) is 0 Å². The van der Waals surface area contributed by atoms with Crippen LogP contribution in [-0.4, -0.2) is 49.9 Å². The standard InChI is InChI=1S/C12H26N.CH4O3S/c1-3-5-10-13(9-4-2)11-7-6-8-12-13;1-5(2,3)4/h3-12H2,1-2H3;1H3,(H,2,3,4)/q+1;/p-1. The lowest BCUT2D eigenvalue weighted by Crippen LogP contribution is -2.52. The first kappa shape index (κ1) is 17.9. The summed E-state index contributed by atoms with van der Waals surface area (Å²) in [5, 5.41) is 0. The van der Waals surface area contributed by atoms with Crippen molar-refractivity contribution in [1.82, 2.24) is 0 Å². The fourth-order valence-corrected chi connectivity index (χ4v) is 2.71. The second-order valence-electron chi connectivity index (χ2n) is 5.35. The van der Waals surface area contributed by atoms with Gasteiger partial charge < -0.3 is 9.04 Å². The molecule has 0 unspecified atom stereocenters. The zero-order chi connectivity index (χ0) is 14.1. The van der Waals surface area contributed by atoms with Crippen molar-refractivity contribution in [2.45, 2.75) is 52.4 Å². The van der Waals surface area contributed by atoms with E-state index in [1.54, 1.807) is 0 Å². The maximum Gasteiger partial charge on any atom is 0.0916 e. The molecule has 0 atom stereocenters. The van der Waals surface area contributed by atoms with Crippen molar-refractivity contribution in [3.63, 3.8) is 0 Å². The third-order valence-electron chi connectivity index (χ3n) is 3.45. The van der Waals surface area contributed by atoms with E-state index < -0.39 is 10.1 Å². The van der Waals surface area contributed by atoms with E-state index in [9.17, 15) is 0 Å². The molecule has 0 spiro atoms. The maximum absolute atomic E-state index is 9.08. The number of quaternary nitrogens is 1. The SMILES string of the molecule is CCCC[N+]1(CCC)CCCCC1.CS(=O)(=O)[O-]. The number of unbranched alkanes of at least 4 members (excludes halogenated alkanes) is 1. The molecule has 0 bridgehead atoms. The predicted octanol–water partition coefficient (Wildman–Crippen LogP) is 2.36. The molecule has 110 valence electrons. The van der Waals surface area contributed by atoms with Crippen LogP contribution in [0.4, 0.5) is 0 Å². The molecular weight excluding hydrogens is 250 g/mol. The van der Waals surface area contributed by atoms with Crippen molar-refractivity contribution >= 4 is 10.1 Å². The van der Waals surface area contributed by atoms with Gasteiger partial charge >= 0.3 is 0 Å². The summed E-state index contributed by atoms with van der Waals surface area (Å²) in [6.45, 7) is 10.5. The molecule has 1 aliphatic rings. The average Bonchev–Trinajstić information content (AvgIpc) is 2.26. The molecule has 0 amide bonds. The first-order chi connectivity index (χ1) is 8.33. The Morgan fingerprint density at radius 1 is 1.00 bits per heavy atom. The molecule has 1 aliphatic heterocycles. The van der Waals surface area contributed by atoms with Gasteiger partial charge in [0.2, 0.25) is 0 Å². The van der Waals surface area contributed by atoms with Gasteiger partial charge in [0.05, 0.1) is 36.3 Å². The van der Waals surface area contributed by atoms with Crippen molar-refractivity contribution in [3.05, 3.63) is 0 Å². The van der Waals surface area contributed by atoms with Crippen LogP contribution in [0, 0.1) is 0 Å². The molecule has 0 aromatic carbocycles. The summed E-state index contributed by atoms with van der Waals surface area (Å²) in [7, 11) is -3.92. The van der Waals surface area contributed by atoms with Gasteiger partial charge in [-0.25, -0.2) is 8.42 Å². The minimum Gasteiger partial charge on any atom is -0.748 e. The molecule has 1 saturated heterocycles. The minimum atomic E-state index is -3.92. The molecule has 0 saturated carbocycles. The van der Waals surface area contributed by atoms with E-state index in [2.05, 4.69) is 13.8 Å². The summed E-state index contributed by atoms with van der Waals surface area (Å²) in [4.78, 5) is 0. The second kappa shape index (κ2) is 8.88. The highest BCUT2D eigenvalue weighted by atomic mass is 32.2. The highest BCUT2D eigenvalue weighted by molar-refractivity contribution is 7.84. The average molecular weight is 279 g/mol. The molecule has 18 heavy (non-hydrogen) atoms. The third-order valence-corrected chi connectivity index (χ3v) is 3.45. The topological polar surface area (TPSA) is 57.2 Å². The van der Waals surface area contributed by atoms with Crippen LogP contribution in [0.1, 0.15) is 52.4 Å². The van der Waals surface area contributed by atoms with E-state index in [1.807, 2.05) is 0 Å². The fraction of sp³-hybridized carbons (Fsp3) is 1.00. The van der Waals surface area contributed by atoms with E-state index in [4.69, 9.17) is 13.0 Å². The van der Waals surface area contributed by atoms with Crippen LogP contribution in [0.2, 0.25) is 0 Å². The van der Waals surface area contributed by atoms with Crippen molar-refractivity contribution in [1.29, 1.82) is 0 Å². The van der Waals surface area contributed by atoms with Crippen LogP contribution in [0.15, 0.2) is 0 Å². The molecule has 0 N–H and O–H groups in total. The van der Waals surface area contributed by atoms with Crippen molar-refractivity contribution < 1.29 is 17.5 Å². The van der Waals surface area contributed by atoms with E-state index in [0.717, 1.165) is 0 Å². The van der Waals surface area contributed by atoms with E-state index in [0.29, 0.717) is 6.26 Å². The minimum absolute atomic E-state index is 0.604. The van der Waals surface area contributed by atoms with Gasteiger partial charge in [0.1, 0.15) is 0 Å². The smallest absolute Gasteiger partial charge is 0.0916 e. The summed E-state index contributed by atoms with van der Waals surface area (Å²) >= 11 is 0. The molecule has 0 aromatic heterocycles. The largest absolute Gasteiger partial charge is 0.748 e. The number of likely N-dealkylation sites (tertiary alicyclic amines) is 1. The lowest BCUT2D eigenvalue weighted by atomic mass is 10.1. The Kier molecular flexibility index (Phi) is 8.82. The van der Waals surface area contributed by atoms with Gasteiger partial charge in [-0.2, -0.15) is 0 Å². The van der Waals surface area contributed by atoms with Gasteiger partial charge in [-0.3, -0.25) is 0 Å². The zero-order valence-electron chi connectivity index (χ0n) is 12.2. The molecule has 4 nitrogen and oxygen atoms in total. The van der Waals surface area contributed by atoms with Gasteiger partial charge in [-0.1, -0.05) is 20.3 Å². The summed E-state index contributed by atoms with van der Waals surface area (Å²) in [5.74, 6) is 0. The van der Waals surface area contributed by atoms with Crippen molar-refractivity contribution in [2.75, 3.05) is 32.4 Å². The van der Waals surface area contributed by atoms with Gasteiger partial charge in [0.15, 0.2) is 0 Å². The monoisotopic (exact) mass is 279 g/mol. The number of hydrogen-bond donors (Lipinski definition) is 0. The summed E-state index contributed by atoms with van der Waals surface area (Å²) in [6, 6.07) is 0. The van der Waals surface area contributed by atoms with Gasteiger partial charge in [-0.15, -0.1) is 0 Å². The molecule has 0 radical (unpaired) electrons. The number of rotatable bonds is 5. The fourth-order valence-electron chi connectivity index (χ4n) is 2.71. The Morgan fingerprint density at radius 2 is 1.50 bits per heavy atom. The maximum atomic E-state index is 9.08. The molecule has 1 rings (SSSR count). The number of nitrogens with zero attached hydrogens (tertiary/aromatic N) is 1.